The highest BCUT2D eigenvalue weighted by Gasteiger charge is 2.31. The van der Waals surface area contributed by atoms with Crippen LogP contribution in [0.4, 0.5) is 22.0 Å². The van der Waals surface area contributed by atoms with Crippen molar-refractivity contribution in [1.82, 2.24) is 9.97 Å². The average molecular weight is 278 g/mol. The number of hydrogen-bond acceptors (Lipinski definition) is 3. The van der Waals surface area contributed by atoms with Crippen LogP contribution in [0.5, 0.6) is 5.88 Å². The van der Waals surface area contributed by atoms with Crippen LogP contribution in [0.1, 0.15) is 0 Å². The molecule has 0 radical (unpaired) electrons. The molecule has 2 aromatic rings. The molecule has 0 atom stereocenters. The Hall–Kier alpha value is -2.25. The van der Waals surface area contributed by atoms with Gasteiger partial charge in [-0.3, -0.25) is 4.98 Å². The first kappa shape index (κ1) is 14.8. The second-order valence-electron chi connectivity index (χ2n) is 3.04. The normalized spacial score (nSPS) is 10.4. The minimum atomic E-state index is -4.66. The first-order valence-corrected chi connectivity index (χ1v) is 4.79. The van der Waals surface area contributed by atoms with E-state index in [0.717, 1.165) is 24.5 Å². The monoisotopic (exact) mass is 278 g/mol. The third-order valence-electron chi connectivity index (χ3n) is 1.53. The molecule has 3 nitrogen and oxygen atoms in total. The van der Waals surface area contributed by atoms with Crippen molar-refractivity contribution in [1.29, 1.82) is 0 Å². The maximum atomic E-state index is 11.9. The van der Waals surface area contributed by atoms with E-state index in [2.05, 4.69) is 14.7 Å². The van der Waals surface area contributed by atoms with E-state index in [9.17, 15) is 22.0 Å². The van der Waals surface area contributed by atoms with E-state index in [-0.39, 0.29) is 0 Å². The molecule has 0 fully saturated rings. The highest BCUT2D eigenvalue weighted by molar-refractivity contribution is 5.09. The number of alkyl halides is 3. The van der Waals surface area contributed by atoms with Crippen molar-refractivity contribution in [3.8, 4) is 5.88 Å². The summed E-state index contributed by atoms with van der Waals surface area (Å²) < 4.78 is 61.7. The summed E-state index contributed by atoms with van der Waals surface area (Å²) in [6.07, 6.45) is -1.54. The predicted molar refractivity (Wildman–Crippen MR) is 55.1 cm³/mol. The maximum absolute atomic E-state index is 11.9. The number of rotatable bonds is 1. The summed E-state index contributed by atoms with van der Waals surface area (Å²) in [6, 6.07) is 4.82. The van der Waals surface area contributed by atoms with Crippen LogP contribution < -0.4 is 4.74 Å². The molecule has 0 unspecified atom stereocenters. The second kappa shape index (κ2) is 6.62. The molecule has 19 heavy (non-hydrogen) atoms. The molecular weight excluding hydrogens is 271 g/mol. The Morgan fingerprint density at radius 2 is 1.63 bits per heavy atom. The van der Waals surface area contributed by atoms with Gasteiger partial charge in [-0.05, 0) is 6.07 Å². The van der Waals surface area contributed by atoms with E-state index in [0.29, 0.717) is 0 Å². The largest absolute Gasteiger partial charge is 0.574 e. The summed E-state index contributed by atoms with van der Waals surface area (Å²) in [5.41, 5.74) is 0. The van der Waals surface area contributed by atoms with Crippen molar-refractivity contribution in [3.05, 3.63) is 54.5 Å². The summed E-state index contributed by atoms with van der Waals surface area (Å²) in [7, 11) is 0. The molecule has 2 rings (SSSR count). The minimum absolute atomic E-state index is 0.444. The molecule has 0 amide bonds. The number of halogens is 5. The van der Waals surface area contributed by atoms with Crippen molar-refractivity contribution >= 4 is 0 Å². The predicted octanol–water partition coefficient (Wildman–Crippen LogP) is 3.34. The van der Waals surface area contributed by atoms with Crippen LogP contribution in [0.3, 0.4) is 0 Å². The van der Waals surface area contributed by atoms with E-state index in [4.69, 9.17) is 0 Å². The summed E-state index contributed by atoms with van der Waals surface area (Å²) in [4.78, 5) is 6.56. The van der Waals surface area contributed by atoms with Crippen molar-refractivity contribution in [2.24, 2.45) is 0 Å². The van der Waals surface area contributed by atoms with E-state index in [1.165, 1.54) is 18.3 Å². The minimum Gasteiger partial charge on any atom is -0.388 e. The lowest BCUT2D eigenvalue weighted by atomic mass is 10.5. The lowest BCUT2D eigenvalue weighted by Gasteiger charge is -2.05. The van der Waals surface area contributed by atoms with Gasteiger partial charge in [0.15, 0.2) is 0 Å². The van der Waals surface area contributed by atoms with Crippen LogP contribution in [-0.4, -0.2) is 16.3 Å². The summed E-state index contributed by atoms with van der Waals surface area (Å²) in [5, 5.41) is 0. The Kier molecular flexibility index (Phi) is 5.16. The topological polar surface area (TPSA) is 35.0 Å². The Bertz CT molecular complexity index is 487. The molecule has 0 N–H and O–H groups in total. The first-order valence-electron chi connectivity index (χ1n) is 4.79. The van der Waals surface area contributed by atoms with Crippen molar-refractivity contribution in [3.63, 3.8) is 0 Å². The smallest absolute Gasteiger partial charge is 0.388 e. The van der Waals surface area contributed by atoms with Gasteiger partial charge in [0.2, 0.25) is 5.88 Å². The number of aromatic nitrogens is 2. The Morgan fingerprint density at radius 1 is 1.00 bits per heavy atom. The van der Waals surface area contributed by atoms with Gasteiger partial charge in [0.1, 0.15) is 11.6 Å². The van der Waals surface area contributed by atoms with Gasteiger partial charge >= 0.3 is 6.36 Å². The first-order chi connectivity index (χ1) is 8.87. The van der Waals surface area contributed by atoms with Gasteiger partial charge in [0.25, 0.3) is 0 Å². The molecule has 0 aromatic carbocycles. The summed E-state index contributed by atoms with van der Waals surface area (Å²) >= 11 is 0. The molecule has 2 aromatic heterocycles. The van der Waals surface area contributed by atoms with Gasteiger partial charge in [-0.15, -0.1) is 13.2 Å². The van der Waals surface area contributed by atoms with E-state index in [1.54, 1.807) is 0 Å². The van der Waals surface area contributed by atoms with Crippen LogP contribution in [-0.2, 0) is 0 Å². The number of hydrogen-bond donors (Lipinski definition) is 0. The van der Waals surface area contributed by atoms with E-state index in [1.807, 2.05) is 0 Å². The average Bonchev–Trinajstić information content (AvgIpc) is 2.28. The third kappa shape index (κ3) is 6.92. The fourth-order valence-electron chi connectivity index (χ4n) is 0.912. The lowest BCUT2D eigenvalue weighted by molar-refractivity contribution is -0.276. The van der Waals surface area contributed by atoms with E-state index >= 15 is 0 Å². The second-order valence-corrected chi connectivity index (χ2v) is 3.04. The number of pyridine rings is 2. The van der Waals surface area contributed by atoms with Gasteiger partial charge < -0.3 is 4.74 Å². The SMILES string of the molecule is FC(F)(F)Oc1ccccn1.Fc1cncc(F)c1. The Morgan fingerprint density at radius 3 is 2.00 bits per heavy atom. The van der Waals surface area contributed by atoms with Gasteiger partial charge in [0, 0.05) is 18.3 Å². The zero-order valence-electron chi connectivity index (χ0n) is 9.23. The quantitative estimate of drug-likeness (QED) is 0.750. The molecule has 0 aliphatic rings. The van der Waals surface area contributed by atoms with Crippen molar-refractivity contribution < 1.29 is 26.7 Å². The van der Waals surface area contributed by atoms with Crippen LogP contribution in [0.25, 0.3) is 0 Å². The molecule has 0 saturated carbocycles. The Balaban J connectivity index is 0.000000200. The zero-order valence-corrected chi connectivity index (χ0v) is 9.23. The molecule has 0 aliphatic heterocycles. The lowest BCUT2D eigenvalue weighted by Crippen LogP contribution is -2.17. The van der Waals surface area contributed by atoms with Crippen LogP contribution >= 0.6 is 0 Å². The molecular formula is C11H7F5N2O. The van der Waals surface area contributed by atoms with Crippen LogP contribution in [0, 0.1) is 11.6 Å². The van der Waals surface area contributed by atoms with Crippen molar-refractivity contribution in [2.75, 3.05) is 0 Å². The van der Waals surface area contributed by atoms with Gasteiger partial charge in [-0.1, -0.05) is 6.07 Å². The van der Waals surface area contributed by atoms with Crippen LogP contribution in [0.2, 0.25) is 0 Å². The fraction of sp³-hybridized carbons (Fsp3) is 0.0909. The van der Waals surface area contributed by atoms with E-state index < -0.39 is 23.9 Å². The molecule has 2 heterocycles. The van der Waals surface area contributed by atoms with Crippen molar-refractivity contribution in [2.45, 2.75) is 6.36 Å². The summed E-state index contributed by atoms with van der Waals surface area (Å²) in [5.74, 6) is -1.74. The zero-order chi connectivity index (χ0) is 14.3. The van der Waals surface area contributed by atoms with Crippen LogP contribution in [0.15, 0.2) is 42.9 Å². The highest BCUT2D eigenvalue weighted by Crippen LogP contribution is 2.19. The fourth-order valence-corrected chi connectivity index (χ4v) is 0.912. The standard InChI is InChI=1S/C6H4F3NO.C5H3F2N/c7-6(8,9)11-5-3-1-2-4-10-5;6-4-1-5(7)3-8-2-4/h1-4H;1-3H. The third-order valence-corrected chi connectivity index (χ3v) is 1.53. The van der Waals surface area contributed by atoms with Gasteiger partial charge in [0.05, 0.1) is 12.4 Å². The molecule has 0 aliphatic carbocycles. The van der Waals surface area contributed by atoms with Gasteiger partial charge in [-0.2, -0.15) is 0 Å². The number of nitrogens with zero attached hydrogens (tertiary/aromatic N) is 2. The summed E-state index contributed by atoms with van der Waals surface area (Å²) in [6.45, 7) is 0. The molecule has 8 heteroatoms. The molecule has 0 spiro atoms. The molecule has 102 valence electrons. The molecule has 0 saturated heterocycles. The van der Waals surface area contributed by atoms with Gasteiger partial charge in [-0.25, -0.2) is 13.8 Å². The maximum Gasteiger partial charge on any atom is 0.574 e. The highest BCUT2D eigenvalue weighted by atomic mass is 19.4. The number of ether oxygens (including phenoxy) is 1. The Labute approximate surface area is 104 Å². The molecule has 0 bridgehead atoms.